The molecule has 1 fully saturated rings. The van der Waals surface area contributed by atoms with Gasteiger partial charge in [-0.1, -0.05) is 85.0 Å². The van der Waals surface area contributed by atoms with Gasteiger partial charge in [0.15, 0.2) is 0 Å². The summed E-state index contributed by atoms with van der Waals surface area (Å²) >= 11 is 5.82. The molecule has 0 unspecified atom stereocenters. The molecular weight excluding hydrogens is 374 g/mol. The molecule has 1 heterocycles. The first-order chi connectivity index (χ1) is 14.3. The molecule has 0 bridgehead atoms. The van der Waals surface area contributed by atoms with Crippen LogP contribution in [0.1, 0.15) is 29.5 Å². The van der Waals surface area contributed by atoms with Gasteiger partial charge in [-0.05, 0) is 48.4 Å². The lowest BCUT2D eigenvalue weighted by Crippen LogP contribution is -2.38. The average Bonchev–Trinajstić information content (AvgIpc) is 2.79. The molecule has 3 aromatic carbocycles. The van der Waals surface area contributed by atoms with E-state index in [9.17, 15) is 0 Å². The van der Waals surface area contributed by atoms with Gasteiger partial charge in [-0.25, -0.2) is 0 Å². The SMILES string of the molecule is S=C(c1cccc(OCc2ccccc2)c1)N1CCC(Cc2ccccc2)CC1. The van der Waals surface area contributed by atoms with Gasteiger partial charge in [0.25, 0.3) is 0 Å². The van der Waals surface area contributed by atoms with Crippen LogP contribution in [0.25, 0.3) is 0 Å². The summed E-state index contributed by atoms with van der Waals surface area (Å²) in [5.74, 6) is 1.62. The largest absolute Gasteiger partial charge is 0.489 e. The lowest BCUT2D eigenvalue weighted by molar-refractivity contribution is 0.268. The van der Waals surface area contributed by atoms with Gasteiger partial charge in [0.2, 0.25) is 0 Å². The summed E-state index contributed by atoms with van der Waals surface area (Å²) in [6, 6.07) is 29.3. The Morgan fingerprint density at radius 1 is 0.828 bits per heavy atom. The standard InChI is InChI=1S/C26H27NOS/c29-26(27-16-14-22(15-17-27)18-21-8-3-1-4-9-21)24-12-7-13-25(19-24)28-20-23-10-5-2-6-11-23/h1-13,19,22H,14-18,20H2. The van der Waals surface area contributed by atoms with Crippen LogP contribution in [0, 0.1) is 5.92 Å². The number of rotatable bonds is 6. The minimum absolute atomic E-state index is 0.571. The van der Waals surface area contributed by atoms with Crippen molar-refractivity contribution in [1.82, 2.24) is 4.90 Å². The van der Waals surface area contributed by atoms with Crippen LogP contribution in [-0.2, 0) is 13.0 Å². The Morgan fingerprint density at radius 3 is 2.17 bits per heavy atom. The van der Waals surface area contributed by atoms with Gasteiger partial charge in [0.1, 0.15) is 17.3 Å². The van der Waals surface area contributed by atoms with E-state index in [0.29, 0.717) is 6.61 Å². The highest BCUT2D eigenvalue weighted by Crippen LogP contribution is 2.24. The van der Waals surface area contributed by atoms with Crippen LogP contribution < -0.4 is 4.74 Å². The fourth-order valence-corrected chi connectivity index (χ4v) is 4.24. The number of likely N-dealkylation sites (tertiary alicyclic amines) is 1. The summed E-state index contributed by atoms with van der Waals surface area (Å²) in [5, 5.41) is 0. The minimum Gasteiger partial charge on any atom is -0.489 e. The first-order valence-electron chi connectivity index (χ1n) is 10.4. The van der Waals surface area contributed by atoms with Crippen molar-refractivity contribution in [2.45, 2.75) is 25.9 Å². The molecule has 0 spiro atoms. The third-order valence-corrected chi connectivity index (χ3v) is 6.09. The maximum absolute atomic E-state index is 5.98. The molecule has 29 heavy (non-hydrogen) atoms. The van der Waals surface area contributed by atoms with Crippen LogP contribution in [0.4, 0.5) is 0 Å². The zero-order valence-corrected chi connectivity index (χ0v) is 17.5. The molecule has 0 N–H and O–H groups in total. The second kappa shape index (κ2) is 9.71. The molecule has 2 nitrogen and oxygen atoms in total. The highest BCUT2D eigenvalue weighted by Gasteiger charge is 2.22. The highest BCUT2D eigenvalue weighted by atomic mass is 32.1. The van der Waals surface area contributed by atoms with Crippen molar-refractivity contribution in [1.29, 1.82) is 0 Å². The molecule has 148 valence electrons. The molecule has 1 aliphatic heterocycles. The Hall–Kier alpha value is -2.65. The fraction of sp³-hybridized carbons (Fsp3) is 0.269. The van der Waals surface area contributed by atoms with Gasteiger partial charge in [-0.15, -0.1) is 0 Å². The van der Waals surface area contributed by atoms with E-state index in [1.807, 2.05) is 30.3 Å². The molecule has 4 rings (SSSR count). The second-order valence-corrected chi connectivity index (χ2v) is 8.11. The van der Waals surface area contributed by atoms with Crippen molar-refractivity contribution in [2.24, 2.45) is 5.92 Å². The molecule has 0 atom stereocenters. The summed E-state index contributed by atoms with van der Waals surface area (Å²) in [5.41, 5.74) is 3.69. The van der Waals surface area contributed by atoms with Gasteiger partial charge in [0, 0.05) is 18.7 Å². The second-order valence-electron chi connectivity index (χ2n) is 7.73. The van der Waals surface area contributed by atoms with Crippen LogP contribution in [0.5, 0.6) is 5.75 Å². The van der Waals surface area contributed by atoms with Crippen LogP contribution >= 0.6 is 12.2 Å². The number of hydrogen-bond acceptors (Lipinski definition) is 2. The molecule has 0 amide bonds. The van der Waals surface area contributed by atoms with Crippen molar-refractivity contribution < 1.29 is 4.74 Å². The maximum Gasteiger partial charge on any atom is 0.120 e. The average molecular weight is 402 g/mol. The van der Waals surface area contributed by atoms with E-state index in [4.69, 9.17) is 17.0 Å². The van der Waals surface area contributed by atoms with E-state index in [1.165, 1.54) is 30.4 Å². The topological polar surface area (TPSA) is 12.5 Å². The first kappa shape index (κ1) is 19.7. The quantitative estimate of drug-likeness (QED) is 0.478. The normalized spacial score (nSPS) is 14.6. The van der Waals surface area contributed by atoms with Crippen molar-refractivity contribution in [2.75, 3.05) is 13.1 Å². The third kappa shape index (κ3) is 5.45. The van der Waals surface area contributed by atoms with E-state index in [0.717, 1.165) is 35.3 Å². The Kier molecular flexibility index (Phi) is 6.58. The number of thiocarbonyl (C=S) groups is 1. The first-order valence-corrected chi connectivity index (χ1v) is 10.8. The molecule has 3 heteroatoms. The van der Waals surface area contributed by atoms with Gasteiger partial charge in [0.05, 0.1) is 0 Å². The van der Waals surface area contributed by atoms with Crippen molar-refractivity contribution in [3.05, 3.63) is 102 Å². The van der Waals surface area contributed by atoms with Gasteiger partial charge < -0.3 is 9.64 Å². The number of hydrogen-bond donors (Lipinski definition) is 0. The van der Waals surface area contributed by atoms with Crippen LogP contribution in [0.2, 0.25) is 0 Å². The zero-order chi connectivity index (χ0) is 19.9. The summed E-state index contributed by atoms with van der Waals surface area (Å²) in [6.07, 6.45) is 3.56. The predicted molar refractivity (Wildman–Crippen MR) is 123 cm³/mol. The maximum atomic E-state index is 5.98. The molecular formula is C26H27NOS. The number of piperidine rings is 1. The fourth-order valence-electron chi connectivity index (χ4n) is 3.93. The summed E-state index contributed by atoms with van der Waals surface area (Å²) < 4.78 is 5.98. The Labute approximate surface area is 179 Å². The smallest absolute Gasteiger partial charge is 0.120 e. The van der Waals surface area contributed by atoms with Crippen LogP contribution in [-0.4, -0.2) is 23.0 Å². The molecule has 0 aliphatic carbocycles. The molecule has 3 aromatic rings. The third-order valence-electron chi connectivity index (χ3n) is 5.60. The number of nitrogens with zero attached hydrogens (tertiary/aromatic N) is 1. The summed E-state index contributed by atoms with van der Waals surface area (Å²) in [6.45, 7) is 2.64. The molecule has 1 saturated heterocycles. The van der Waals surface area contributed by atoms with E-state index < -0.39 is 0 Å². The molecule has 0 radical (unpaired) electrons. The minimum atomic E-state index is 0.571. The van der Waals surface area contributed by atoms with Crippen LogP contribution in [0.15, 0.2) is 84.9 Å². The predicted octanol–water partition coefficient (Wildman–Crippen LogP) is 5.90. The van der Waals surface area contributed by atoms with Crippen molar-refractivity contribution in [3.63, 3.8) is 0 Å². The molecule has 1 aliphatic rings. The molecule has 0 aromatic heterocycles. The van der Waals surface area contributed by atoms with Gasteiger partial charge in [-0.2, -0.15) is 0 Å². The van der Waals surface area contributed by atoms with Crippen molar-refractivity contribution in [3.8, 4) is 5.75 Å². The van der Waals surface area contributed by atoms with E-state index in [-0.39, 0.29) is 0 Å². The van der Waals surface area contributed by atoms with Crippen molar-refractivity contribution >= 4 is 17.2 Å². The Balaban J connectivity index is 1.31. The zero-order valence-electron chi connectivity index (χ0n) is 16.7. The van der Waals surface area contributed by atoms with E-state index in [2.05, 4.69) is 59.5 Å². The van der Waals surface area contributed by atoms with E-state index >= 15 is 0 Å². The monoisotopic (exact) mass is 401 g/mol. The lowest BCUT2D eigenvalue weighted by atomic mass is 9.90. The summed E-state index contributed by atoms with van der Waals surface area (Å²) in [4.78, 5) is 3.29. The Bertz CT molecular complexity index is 918. The Morgan fingerprint density at radius 2 is 1.48 bits per heavy atom. The highest BCUT2D eigenvalue weighted by molar-refractivity contribution is 7.80. The summed E-state index contributed by atoms with van der Waals surface area (Å²) in [7, 11) is 0. The van der Waals surface area contributed by atoms with Crippen LogP contribution in [0.3, 0.4) is 0 Å². The van der Waals surface area contributed by atoms with Gasteiger partial charge >= 0.3 is 0 Å². The lowest BCUT2D eigenvalue weighted by Gasteiger charge is -2.34. The number of ether oxygens (including phenoxy) is 1. The molecule has 0 saturated carbocycles. The van der Waals surface area contributed by atoms with Gasteiger partial charge in [-0.3, -0.25) is 0 Å². The van der Waals surface area contributed by atoms with E-state index in [1.54, 1.807) is 0 Å². The number of benzene rings is 3.